The topological polar surface area (TPSA) is 93.7 Å². The number of benzene rings is 3. The Balaban J connectivity index is 1.80. The van der Waals surface area contributed by atoms with Gasteiger partial charge in [0.15, 0.2) is 0 Å². The van der Waals surface area contributed by atoms with Crippen LogP contribution in [0.2, 0.25) is 0 Å². The molecule has 0 fully saturated rings. The maximum Gasteiger partial charge on any atom is 0.349 e. The van der Waals surface area contributed by atoms with Gasteiger partial charge < -0.3 is 9.32 Å². The third-order valence-electron chi connectivity index (χ3n) is 4.65. The molecule has 0 bridgehead atoms. The summed E-state index contributed by atoms with van der Waals surface area (Å²) in [5.74, 6) is -0.549. The van der Waals surface area contributed by atoms with Gasteiger partial charge in [0.25, 0.3) is 11.6 Å². The van der Waals surface area contributed by atoms with Crippen molar-refractivity contribution in [1.29, 1.82) is 0 Å². The number of nitrogens with zero attached hydrogens (tertiary/aromatic N) is 2. The van der Waals surface area contributed by atoms with E-state index in [2.05, 4.69) is 0 Å². The molecule has 0 aliphatic rings. The summed E-state index contributed by atoms with van der Waals surface area (Å²) < 4.78 is 5.26. The van der Waals surface area contributed by atoms with Crippen LogP contribution in [0.25, 0.3) is 11.0 Å². The average Bonchev–Trinajstić information content (AvgIpc) is 2.77. The molecular weight excluding hydrogens is 384 g/mol. The highest BCUT2D eigenvalue weighted by molar-refractivity contribution is 6.07. The van der Waals surface area contributed by atoms with E-state index in [1.54, 1.807) is 24.3 Å². The third-order valence-corrected chi connectivity index (χ3v) is 4.65. The Morgan fingerprint density at radius 2 is 1.60 bits per heavy atom. The van der Waals surface area contributed by atoms with Gasteiger partial charge in [-0.3, -0.25) is 14.9 Å². The lowest BCUT2D eigenvalue weighted by Crippen LogP contribution is -2.33. The van der Waals surface area contributed by atoms with E-state index in [-0.39, 0.29) is 23.4 Å². The van der Waals surface area contributed by atoms with Crippen LogP contribution in [0, 0.1) is 10.1 Å². The van der Waals surface area contributed by atoms with E-state index in [0.29, 0.717) is 11.1 Å². The molecule has 0 aliphatic heterocycles. The maximum atomic E-state index is 13.4. The number of anilines is 1. The first-order chi connectivity index (χ1) is 14.5. The fraction of sp³-hybridized carbons (Fsp3) is 0.0435. The van der Waals surface area contributed by atoms with Crippen molar-refractivity contribution in [1.82, 2.24) is 0 Å². The Kier molecular flexibility index (Phi) is 5.09. The molecule has 0 unspecified atom stereocenters. The number of carbonyl (C=O) groups excluding carboxylic acids is 1. The lowest BCUT2D eigenvalue weighted by atomic mass is 10.1. The molecule has 0 saturated carbocycles. The van der Waals surface area contributed by atoms with Crippen LogP contribution in [0.5, 0.6) is 0 Å². The average molecular weight is 400 g/mol. The first-order valence-electron chi connectivity index (χ1n) is 9.16. The molecule has 0 spiro atoms. The molecule has 7 nitrogen and oxygen atoms in total. The molecule has 4 rings (SSSR count). The van der Waals surface area contributed by atoms with Gasteiger partial charge in [-0.2, -0.15) is 0 Å². The highest BCUT2D eigenvalue weighted by Gasteiger charge is 2.23. The standard InChI is InChI=1S/C23H16N2O5/c26-22(20-14-17-13-19(25(28)29)11-12-21(17)30-23(20)27)24(18-9-5-2-6-10-18)15-16-7-3-1-4-8-16/h1-14H,15H2. The summed E-state index contributed by atoms with van der Waals surface area (Å²) in [5, 5.41) is 11.4. The SMILES string of the molecule is O=C(c1cc2cc([N+](=O)[O-])ccc2oc1=O)N(Cc1ccccc1)c1ccccc1. The van der Waals surface area contributed by atoms with Crippen LogP contribution < -0.4 is 10.5 Å². The van der Waals surface area contributed by atoms with Crippen LogP contribution >= 0.6 is 0 Å². The minimum Gasteiger partial charge on any atom is -0.422 e. The van der Waals surface area contributed by atoms with Gasteiger partial charge >= 0.3 is 5.63 Å². The number of para-hydroxylation sites is 1. The normalized spacial score (nSPS) is 10.7. The lowest BCUT2D eigenvalue weighted by Gasteiger charge is -2.22. The smallest absolute Gasteiger partial charge is 0.349 e. The fourth-order valence-corrected chi connectivity index (χ4v) is 3.17. The predicted octanol–water partition coefficient (Wildman–Crippen LogP) is 4.55. The highest BCUT2D eigenvalue weighted by Crippen LogP contribution is 2.23. The number of amides is 1. The van der Waals surface area contributed by atoms with Gasteiger partial charge in [-0.05, 0) is 29.8 Å². The van der Waals surface area contributed by atoms with Gasteiger partial charge in [-0.25, -0.2) is 4.79 Å². The molecule has 1 aromatic heterocycles. The number of rotatable bonds is 5. The van der Waals surface area contributed by atoms with Crippen molar-refractivity contribution >= 4 is 28.3 Å². The molecule has 0 aliphatic carbocycles. The summed E-state index contributed by atoms with van der Waals surface area (Å²) in [4.78, 5) is 37.9. The Labute approximate surface area is 170 Å². The van der Waals surface area contributed by atoms with Crippen LogP contribution in [-0.4, -0.2) is 10.8 Å². The summed E-state index contributed by atoms with van der Waals surface area (Å²) in [6.07, 6.45) is 0. The van der Waals surface area contributed by atoms with Crippen molar-refractivity contribution in [3.63, 3.8) is 0 Å². The third kappa shape index (κ3) is 3.81. The summed E-state index contributed by atoms with van der Waals surface area (Å²) in [6.45, 7) is 0.246. The number of carbonyl (C=O) groups is 1. The number of non-ortho nitro benzene ring substituents is 1. The second-order valence-corrected chi connectivity index (χ2v) is 6.64. The number of hydrogen-bond acceptors (Lipinski definition) is 5. The van der Waals surface area contributed by atoms with Crippen molar-refractivity contribution in [3.05, 3.63) is 117 Å². The summed E-state index contributed by atoms with van der Waals surface area (Å²) in [5.41, 5.74) is 0.536. The monoisotopic (exact) mass is 400 g/mol. The maximum absolute atomic E-state index is 13.4. The van der Waals surface area contributed by atoms with E-state index in [1.807, 2.05) is 36.4 Å². The number of nitro groups is 1. The molecule has 30 heavy (non-hydrogen) atoms. The molecule has 7 heteroatoms. The van der Waals surface area contributed by atoms with E-state index in [0.717, 1.165) is 5.56 Å². The highest BCUT2D eigenvalue weighted by atomic mass is 16.6. The van der Waals surface area contributed by atoms with E-state index in [9.17, 15) is 19.7 Å². The Morgan fingerprint density at radius 3 is 2.27 bits per heavy atom. The van der Waals surface area contributed by atoms with Gasteiger partial charge in [0.2, 0.25) is 0 Å². The molecule has 0 radical (unpaired) electrons. The van der Waals surface area contributed by atoms with Gasteiger partial charge in [0.1, 0.15) is 11.1 Å². The van der Waals surface area contributed by atoms with Crippen LogP contribution in [0.4, 0.5) is 11.4 Å². The van der Waals surface area contributed by atoms with E-state index in [1.165, 1.54) is 29.2 Å². The van der Waals surface area contributed by atoms with E-state index in [4.69, 9.17) is 4.42 Å². The zero-order valence-electron chi connectivity index (χ0n) is 15.7. The first-order valence-corrected chi connectivity index (χ1v) is 9.16. The lowest BCUT2D eigenvalue weighted by molar-refractivity contribution is -0.384. The van der Waals surface area contributed by atoms with Crippen LogP contribution in [0.1, 0.15) is 15.9 Å². The summed E-state index contributed by atoms with van der Waals surface area (Å²) in [6, 6.07) is 23.6. The molecule has 0 atom stereocenters. The van der Waals surface area contributed by atoms with Crippen molar-refractivity contribution in [2.45, 2.75) is 6.54 Å². The van der Waals surface area contributed by atoms with E-state index >= 15 is 0 Å². The minimum absolute atomic E-state index is 0.154. The van der Waals surface area contributed by atoms with Gasteiger partial charge in [0, 0.05) is 23.2 Å². The van der Waals surface area contributed by atoms with Crippen LogP contribution in [-0.2, 0) is 6.54 Å². The largest absolute Gasteiger partial charge is 0.422 e. The van der Waals surface area contributed by atoms with Crippen molar-refractivity contribution < 1.29 is 14.1 Å². The van der Waals surface area contributed by atoms with E-state index < -0.39 is 16.5 Å². The Bertz CT molecular complexity index is 1280. The minimum atomic E-state index is -0.796. The quantitative estimate of drug-likeness (QED) is 0.278. The molecular formula is C23H16N2O5. The second kappa shape index (κ2) is 8.00. The first kappa shape index (κ1) is 19.1. The molecule has 3 aromatic carbocycles. The van der Waals surface area contributed by atoms with Gasteiger partial charge in [0.05, 0.1) is 11.5 Å². The van der Waals surface area contributed by atoms with Crippen LogP contribution in [0.15, 0.2) is 94.1 Å². The van der Waals surface area contributed by atoms with Crippen molar-refractivity contribution in [2.75, 3.05) is 4.90 Å². The van der Waals surface area contributed by atoms with Crippen LogP contribution in [0.3, 0.4) is 0 Å². The molecule has 1 amide bonds. The van der Waals surface area contributed by atoms with Gasteiger partial charge in [-0.1, -0.05) is 48.5 Å². The summed E-state index contributed by atoms with van der Waals surface area (Å²) >= 11 is 0. The second-order valence-electron chi connectivity index (χ2n) is 6.64. The van der Waals surface area contributed by atoms with Gasteiger partial charge in [-0.15, -0.1) is 0 Å². The Hall–Kier alpha value is -4.26. The predicted molar refractivity (Wildman–Crippen MR) is 113 cm³/mol. The van der Waals surface area contributed by atoms with Crippen molar-refractivity contribution in [3.8, 4) is 0 Å². The number of fused-ring (bicyclic) bond motifs is 1. The zero-order chi connectivity index (χ0) is 21.1. The zero-order valence-corrected chi connectivity index (χ0v) is 15.7. The summed E-state index contributed by atoms with van der Waals surface area (Å²) in [7, 11) is 0. The number of hydrogen-bond donors (Lipinski definition) is 0. The fourth-order valence-electron chi connectivity index (χ4n) is 3.17. The van der Waals surface area contributed by atoms with Crippen molar-refractivity contribution in [2.24, 2.45) is 0 Å². The molecule has 0 saturated heterocycles. The Morgan fingerprint density at radius 1 is 0.933 bits per heavy atom. The molecule has 148 valence electrons. The number of nitro benzene ring substituents is 1. The molecule has 4 aromatic rings. The molecule has 1 heterocycles. The molecule has 0 N–H and O–H groups in total.